The van der Waals surface area contributed by atoms with Gasteiger partial charge in [0.15, 0.2) is 0 Å². The first-order valence-electron chi connectivity index (χ1n) is 15.9. The second-order valence-corrected chi connectivity index (χ2v) is 13.9. The van der Waals surface area contributed by atoms with Crippen molar-refractivity contribution in [2.75, 3.05) is 10.6 Å². The van der Waals surface area contributed by atoms with E-state index in [1.807, 2.05) is 91.9 Å². The van der Waals surface area contributed by atoms with Crippen molar-refractivity contribution in [2.45, 2.75) is 17.1 Å². The molecule has 1 aromatic heterocycles. The Hall–Kier alpha value is -5.35. The number of benzene rings is 5. The van der Waals surface area contributed by atoms with Gasteiger partial charge in [0, 0.05) is 43.0 Å². The van der Waals surface area contributed by atoms with Gasteiger partial charge in [0.05, 0.1) is 0 Å². The van der Waals surface area contributed by atoms with E-state index >= 15 is 0 Å². The first-order valence-corrected chi connectivity index (χ1v) is 17.9. The molecule has 1 unspecified atom stereocenters. The number of thioether (sulfide) groups is 1. The van der Waals surface area contributed by atoms with Crippen molar-refractivity contribution in [3.63, 3.8) is 0 Å². The molecule has 3 amide bonds. The number of rotatable bonds is 11. The van der Waals surface area contributed by atoms with E-state index in [1.165, 1.54) is 17.8 Å². The summed E-state index contributed by atoms with van der Waals surface area (Å²) in [5.74, 6) is -0.188. The molecule has 0 fully saturated rings. The van der Waals surface area contributed by atoms with Crippen molar-refractivity contribution >= 4 is 74.5 Å². The van der Waals surface area contributed by atoms with Gasteiger partial charge in [-0.1, -0.05) is 94.3 Å². The summed E-state index contributed by atoms with van der Waals surface area (Å²) in [5, 5.41) is 8.60. The molecule has 6 rings (SSSR count). The molecule has 6 aromatic rings. The molecule has 3 N–H and O–H groups in total. The van der Waals surface area contributed by atoms with E-state index in [2.05, 4.69) is 31.9 Å². The summed E-state index contributed by atoms with van der Waals surface area (Å²) in [4.78, 5) is 41.1. The van der Waals surface area contributed by atoms with Crippen LogP contribution in [-0.2, 0) is 9.59 Å². The van der Waals surface area contributed by atoms with Crippen molar-refractivity contribution in [1.29, 1.82) is 0 Å². The van der Waals surface area contributed by atoms with E-state index in [0.717, 1.165) is 26.1 Å². The SMILES string of the molecule is Cc1ccc(NC(=O)C(Sc2ccc(NC(=O)C(=Cc3ccc(-c4ccc(Br)cc4)o3)NC(=O)c3ccccc3)cc2)c2ccccc2)cc1Cl. The molecule has 5 aromatic carbocycles. The third kappa shape index (κ3) is 9.46. The number of hydrogen-bond donors (Lipinski definition) is 3. The summed E-state index contributed by atoms with van der Waals surface area (Å²) >= 11 is 11.1. The van der Waals surface area contributed by atoms with Crippen molar-refractivity contribution in [3.8, 4) is 11.3 Å². The van der Waals surface area contributed by atoms with Crippen LogP contribution in [0.1, 0.15) is 32.5 Å². The highest BCUT2D eigenvalue weighted by molar-refractivity contribution is 9.10. The predicted octanol–water partition coefficient (Wildman–Crippen LogP) is 10.6. The van der Waals surface area contributed by atoms with Crippen molar-refractivity contribution in [3.05, 3.63) is 177 Å². The summed E-state index contributed by atoms with van der Waals surface area (Å²) in [6, 6.07) is 41.9. The van der Waals surface area contributed by atoms with Crippen LogP contribution in [0.25, 0.3) is 17.4 Å². The number of furan rings is 1. The van der Waals surface area contributed by atoms with Gasteiger partial charge >= 0.3 is 0 Å². The third-order valence-corrected chi connectivity index (χ3v) is 9.92. The molecule has 0 bridgehead atoms. The maximum absolute atomic E-state index is 13.6. The Bertz CT molecular complexity index is 2190. The molecule has 0 radical (unpaired) electrons. The lowest BCUT2D eigenvalue weighted by Gasteiger charge is -2.18. The number of carbonyl (C=O) groups excluding carboxylic acids is 3. The predicted molar refractivity (Wildman–Crippen MR) is 209 cm³/mol. The molecule has 0 saturated carbocycles. The molecular formula is C41H31BrClN3O4S. The largest absolute Gasteiger partial charge is 0.457 e. The maximum atomic E-state index is 13.6. The van der Waals surface area contributed by atoms with Gasteiger partial charge in [0.1, 0.15) is 22.5 Å². The molecule has 7 nitrogen and oxygen atoms in total. The van der Waals surface area contributed by atoms with Gasteiger partial charge < -0.3 is 20.4 Å². The first kappa shape index (κ1) is 35.5. The van der Waals surface area contributed by atoms with E-state index in [1.54, 1.807) is 54.6 Å². The monoisotopic (exact) mass is 775 g/mol. The molecule has 0 saturated heterocycles. The lowest BCUT2D eigenvalue weighted by Crippen LogP contribution is -2.30. The number of hydrogen-bond acceptors (Lipinski definition) is 5. The van der Waals surface area contributed by atoms with Crippen molar-refractivity contribution in [1.82, 2.24) is 5.32 Å². The molecule has 0 aliphatic carbocycles. The van der Waals surface area contributed by atoms with E-state index in [9.17, 15) is 14.4 Å². The maximum Gasteiger partial charge on any atom is 0.272 e. The number of carbonyl (C=O) groups is 3. The molecule has 0 spiro atoms. The summed E-state index contributed by atoms with van der Waals surface area (Å²) in [6.45, 7) is 1.90. The fourth-order valence-electron chi connectivity index (χ4n) is 5.01. The van der Waals surface area contributed by atoms with Gasteiger partial charge in [-0.15, -0.1) is 11.8 Å². The van der Waals surface area contributed by atoms with E-state index in [4.69, 9.17) is 16.0 Å². The van der Waals surface area contributed by atoms with Crippen LogP contribution in [-0.4, -0.2) is 17.7 Å². The van der Waals surface area contributed by atoms with Gasteiger partial charge in [-0.2, -0.15) is 0 Å². The number of nitrogens with one attached hydrogen (secondary N) is 3. The van der Waals surface area contributed by atoms with Gasteiger partial charge in [-0.3, -0.25) is 14.4 Å². The van der Waals surface area contributed by atoms with Crippen LogP contribution in [0, 0.1) is 6.92 Å². The zero-order chi connectivity index (χ0) is 35.7. The van der Waals surface area contributed by atoms with Crippen molar-refractivity contribution in [2.24, 2.45) is 0 Å². The minimum absolute atomic E-state index is 0.00367. The van der Waals surface area contributed by atoms with Crippen molar-refractivity contribution < 1.29 is 18.8 Å². The standard InChI is InChI=1S/C41H31BrClN3O4S/c1-26-12-17-32(24-35(26)43)45-41(49)38(28-8-4-2-5-9-28)51-34-21-18-31(19-22-34)44-40(48)36(46-39(47)29-10-6-3-7-11-29)25-33-20-23-37(50-33)27-13-15-30(42)16-14-27/h2-25,38H,1H3,(H,44,48)(H,45,49)(H,46,47). The Morgan fingerprint density at radius 3 is 2.12 bits per heavy atom. The Morgan fingerprint density at radius 2 is 1.43 bits per heavy atom. The topological polar surface area (TPSA) is 100 Å². The van der Waals surface area contributed by atoms with Crippen LogP contribution < -0.4 is 16.0 Å². The minimum Gasteiger partial charge on any atom is -0.457 e. The number of amides is 3. The molecule has 0 aliphatic heterocycles. The lowest BCUT2D eigenvalue weighted by molar-refractivity contribution is -0.116. The van der Waals surface area contributed by atoms with Gasteiger partial charge in [0.25, 0.3) is 11.8 Å². The van der Waals surface area contributed by atoms with E-state index in [-0.39, 0.29) is 11.6 Å². The summed E-state index contributed by atoms with van der Waals surface area (Å²) < 4.78 is 6.96. The summed E-state index contributed by atoms with van der Waals surface area (Å²) in [6.07, 6.45) is 1.49. The Balaban J connectivity index is 1.20. The number of aryl methyl sites for hydroxylation is 1. The van der Waals surface area contributed by atoms with Crippen LogP contribution in [0.4, 0.5) is 11.4 Å². The zero-order valence-electron chi connectivity index (χ0n) is 27.2. The van der Waals surface area contributed by atoms with Crippen LogP contribution in [0.2, 0.25) is 5.02 Å². The second kappa shape index (κ2) is 16.6. The lowest BCUT2D eigenvalue weighted by atomic mass is 10.1. The molecule has 0 aliphatic rings. The highest BCUT2D eigenvalue weighted by Crippen LogP contribution is 2.37. The number of halogens is 2. The van der Waals surface area contributed by atoms with Gasteiger partial charge in [-0.25, -0.2) is 0 Å². The normalized spacial score (nSPS) is 11.8. The molecule has 1 atom stereocenters. The average molecular weight is 777 g/mol. The highest BCUT2D eigenvalue weighted by atomic mass is 79.9. The van der Waals surface area contributed by atoms with E-state index in [0.29, 0.717) is 33.5 Å². The minimum atomic E-state index is -0.565. The van der Waals surface area contributed by atoms with E-state index < -0.39 is 17.1 Å². The first-order chi connectivity index (χ1) is 24.7. The molecule has 10 heteroatoms. The van der Waals surface area contributed by atoms with Gasteiger partial charge in [-0.05, 0) is 90.8 Å². The average Bonchev–Trinajstić information content (AvgIpc) is 3.62. The van der Waals surface area contributed by atoms with Crippen LogP contribution >= 0.6 is 39.3 Å². The Kier molecular flexibility index (Phi) is 11.5. The smallest absolute Gasteiger partial charge is 0.272 e. The summed E-state index contributed by atoms with van der Waals surface area (Å²) in [5.41, 5.74) is 4.11. The second-order valence-electron chi connectivity index (χ2n) is 11.4. The highest BCUT2D eigenvalue weighted by Gasteiger charge is 2.23. The molecule has 51 heavy (non-hydrogen) atoms. The summed E-state index contributed by atoms with van der Waals surface area (Å²) in [7, 11) is 0. The Labute approximate surface area is 313 Å². The molecular weight excluding hydrogens is 746 g/mol. The fraction of sp³-hybridized carbons (Fsp3) is 0.0488. The zero-order valence-corrected chi connectivity index (χ0v) is 30.4. The quantitative estimate of drug-likeness (QED) is 0.0899. The molecule has 1 heterocycles. The van der Waals surface area contributed by atoms with Crippen LogP contribution in [0.5, 0.6) is 0 Å². The molecule has 254 valence electrons. The van der Waals surface area contributed by atoms with Crippen LogP contribution in [0.3, 0.4) is 0 Å². The third-order valence-electron chi connectivity index (χ3n) is 7.72. The van der Waals surface area contributed by atoms with Crippen LogP contribution in [0.15, 0.2) is 159 Å². The Morgan fingerprint density at radius 1 is 0.765 bits per heavy atom. The number of anilines is 2. The van der Waals surface area contributed by atoms with Gasteiger partial charge in [0.2, 0.25) is 5.91 Å². The fourth-order valence-corrected chi connectivity index (χ4v) is 6.48.